The van der Waals surface area contributed by atoms with Crippen LogP contribution in [0.3, 0.4) is 0 Å². The lowest BCUT2D eigenvalue weighted by Crippen LogP contribution is -2.14. The SMILES string of the molecule is O=C(c1ccc(-n2ccnn2)cc1F)C(O)c1ccccc1. The third-order valence-corrected chi connectivity index (χ3v) is 3.27. The van der Waals surface area contributed by atoms with E-state index in [1.165, 1.54) is 23.0 Å². The standard InChI is InChI=1S/C16H12FN3O2/c17-14-10-12(20-9-8-18-19-20)6-7-13(14)16(22)15(21)11-4-2-1-3-5-11/h1-10,15,21H. The summed E-state index contributed by atoms with van der Waals surface area (Å²) in [7, 11) is 0. The number of aromatic nitrogens is 3. The molecule has 0 bridgehead atoms. The molecule has 3 aromatic rings. The van der Waals surface area contributed by atoms with E-state index in [2.05, 4.69) is 10.3 Å². The van der Waals surface area contributed by atoms with Gasteiger partial charge in [0.25, 0.3) is 0 Å². The van der Waals surface area contributed by atoms with Gasteiger partial charge in [-0.15, -0.1) is 5.10 Å². The average Bonchev–Trinajstić information content (AvgIpc) is 3.09. The Morgan fingerprint density at radius 1 is 1.18 bits per heavy atom. The number of hydrogen-bond acceptors (Lipinski definition) is 4. The number of aliphatic hydroxyl groups is 1. The summed E-state index contributed by atoms with van der Waals surface area (Å²) in [6.07, 6.45) is 1.64. The maximum absolute atomic E-state index is 14.2. The second-order valence-corrected chi connectivity index (χ2v) is 4.69. The van der Waals surface area contributed by atoms with Crippen LogP contribution in [0.15, 0.2) is 60.9 Å². The molecule has 0 radical (unpaired) electrons. The second kappa shape index (κ2) is 5.87. The number of nitrogens with zero attached hydrogens (tertiary/aromatic N) is 3. The van der Waals surface area contributed by atoms with Gasteiger partial charge in [-0.05, 0) is 17.7 Å². The highest BCUT2D eigenvalue weighted by Gasteiger charge is 2.22. The quantitative estimate of drug-likeness (QED) is 0.750. The van der Waals surface area contributed by atoms with Crippen molar-refractivity contribution in [2.24, 2.45) is 0 Å². The van der Waals surface area contributed by atoms with Gasteiger partial charge in [-0.1, -0.05) is 35.5 Å². The van der Waals surface area contributed by atoms with Crippen LogP contribution in [0.1, 0.15) is 22.0 Å². The first kappa shape index (κ1) is 14.1. The van der Waals surface area contributed by atoms with Gasteiger partial charge in [-0.2, -0.15) is 0 Å². The fraction of sp³-hybridized carbons (Fsp3) is 0.0625. The van der Waals surface area contributed by atoms with Gasteiger partial charge in [0.15, 0.2) is 5.78 Å². The van der Waals surface area contributed by atoms with Crippen molar-refractivity contribution in [3.63, 3.8) is 0 Å². The third kappa shape index (κ3) is 2.64. The Morgan fingerprint density at radius 2 is 1.95 bits per heavy atom. The van der Waals surface area contributed by atoms with Crippen LogP contribution in [0, 0.1) is 5.82 Å². The van der Waals surface area contributed by atoms with Crippen LogP contribution < -0.4 is 0 Å². The number of halogens is 1. The van der Waals surface area contributed by atoms with Gasteiger partial charge in [0.1, 0.15) is 11.9 Å². The van der Waals surface area contributed by atoms with Gasteiger partial charge in [-0.3, -0.25) is 4.79 Å². The second-order valence-electron chi connectivity index (χ2n) is 4.69. The molecule has 0 fully saturated rings. The summed E-state index contributed by atoms with van der Waals surface area (Å²) in [5.41, 5.74) is 0.702. The molecule has 0 aliphatic rings. The Hall–Kier alpha value is -2.86. The number of Topliss-reactive ketones (excluding diaryl/α,β-unsaturated/α-hetero) is 1. The Labute approximate surface area is 125 Å². The number of rotatable bonds is 4. The molecule has 1 heterocycles. The maximum atomic E-state index is 14.2. The highest BCUT2D eigenvalue weighted by atomic mass is 19.1. The van der Waals surface area contributed by atoms with Crippen molar-refractivity contribution in [2.45, 2.75) is 6.10 Å². The van der Waals surface area contributed by atoms with E-state index in [0.717, 1.165) is 0 Å². The van der Waals surface area contributed by atoms with Crippen LogP contribution in [0.25, 0.3) is 5.69 Å². The van der Waals surface area contributed by atoms with E-state index in [0.29, 0.717) is 11.3 Å². The van der Waals surface area contributed by atoms with E-state index in [4.69, 9.17) is 0 Å². The fourth-order valence-electron chi connectivity index (χ4n) is 2.13. The van der Waals surface area contributed by atoms with Gasteiger partial charge in [-0.25, -0.2) is 9.07 Å². The molecule has 3 rings (SSSR count). The van der Waals surface area contributed by atoms with Crippen LogP contribution in [0.2, 0.25) is 0 Å². The molecule has 1 aromatic heterocycles. The first-order valence-electron chi connectivity index (χ1n) is 6.60. The summed E-state index contributed by atoms with van der Waals surface area (Å²) in [5.74, 6) is -1.40. The highest BCUT2D eigenvalue weighted by Crippen LogP contribution is 2.21. The van der Waals surface area contributed by atoms with Crippen LogP contribution in [0.4, 0.5) is 4.39 Å². The molecule has 0 spiro atoms. The normalized spacial score (nSPS) is 12.1. The van der Waals surface area contributed by atoms with Gasteiger partial charge in [0, 0.05) is 6.07 Å². The maximum Gasteiger partial charge on any atom is 0.198 e. The van der Waals surface area contributed by atoms with Gasteiger partial charge >= 0.3 is 0 Å². The summed E-state index contributed by atoms with van der Waals surface area (Å²) in [6.45, 7) is 0. The van der Waals surface area contributed by atoms with Crippen LogP contribution in [-0.4, -0.2) is 25.9 Å². The molecule has 5 nitrogen and oxygen atoms in total. The minimum Gasteiger partial charge on any atom is -0.380 e. The summed E-state index contributed by atoms with van der Waals surface area (Å²) in [4.78, 5) is 12.2. The molecule has 1 N–H and O–H groups in total. The molecule has 0 aliphatic carbocycles. The van der Waals surface area contributed by atoms with Crippen LogP contribution in [0.5, 0.6) is 0 Å². The number of aliphatic hydroxyl groups excluding tert-OH is 1. The molecule has 6 heteroatoms. The molecular weight excluding hydrogens is 285 g/mol. The first-order chi connectivity index (χ1) is 10.7. The lowest BCUT2D eigenvalue weighted by atomic mass is 9.99. The lowest BCUT2D eigenvalue weighted by Gasteiger charge is -2.11. The van der Waals surface area contributed by atoms with Crippen molar-refractivity contribution in [1.29, 1.82) is 0 Å². The molecule has 22 heavy (non-hydrogen) atoms. The van der Waals surface area contributed by atoms with Crippen molar-refractivity contribution in [3.8, 4) is 5.69 Å². The Bertz CT molecular complexity index is 788. The smallest absolute Gasteiger partial charge is 0.198 e. The minimum atomic E-state index is -1.40. The Balaban J connectivity index is 1.90. The average molecular weight is 297 g/mol. The van der Waals surface area contributed by atoms with Crippen molar-refractivity contribution in [3.05, 3.63) is 77.9 Å². The first-order valence-corrected chi connectivity index (χ1v) is 6.60. The monoisotopic (exact) mass is 297 g/mol. The zero-order valence-corrected chi connectivity index (χ0v) is 11.4. The third-order valence-electron chi connectivity index (χ3n) is 3.27. The fourth-order valence-corrected chi connectivity index (χ4v) is 2.13. The zero-order chi connectivity index (χ0) is 15.5. The molecule has 0 saturated carbocycles. The molecule has 1 unspecified atom stereocenters. The van der Waals surface area contributed by atoms with Gasteiger partial charge in [0.05, 0.1) is 23.6 Å². The zero-order valence-electron chi connectivity index (χ0n) is 11.4. The molecule has 1 atom stereocenters. The molecule has 0 aliphatic heterocycles. The Kier molecular flexibility index (Phi) is 3.76. The number of benzene rings is 2. The summed E-state index contributed by atoms with van der Waals surface area (Å²) >= 11 is 0. The predicted molar refractivity (Wildman–Crippen MR) is 77.0 cm³/mol. The van der Waals surface area contributed by atoms with E-state index >= 15 is 0 Å². The summed E-state index contributed by atoms with van der Waals surface area (Å²) in [6, 6.07) is 12.5. The van der Waals surface area contributed by atoms with Gasteiger partial charge in [0.2, 0.25) is 0 Å². The van der Waals surface area contributed by atoms with Crippen molar-refractivity contribution in [1.82, 2.24) is 15.0 Å². The van der Waals surface area contributed by atoms with E-state index in [1.807, 2.05) is 0 Å². The molecule has 0 amide bonds. The van der Waals surface area contributed by atoms with Crippen LogP contribution in [-0.2, 0) is 0 Å². The van der Waals surface area contributed by atoms with E-state index < -0.39 is 17.7 Å². The van der Waals surface area contributed by atoms with E-state index in [-0.39, 0.29) is 5.56 Å². The number of carbonyl (C=O) groups excluding carboxylic acids is 1. The molecule has 110 valence electrons. The Morgan fingerprint density at radius 3 is 2.59 bits per heavy atom. The van der Waals surface area contributed by atoms with E-state index in [1.54, 1.807) is 42.6 Å². The van der Waals surface area contributed by atoms with Crippen molar-refractivity contribution >= 4 is 5.78 Å². The predicted octanol–water partition coefficient (Wildman–Crippen LogP) is 2.32. The van der Waals surface area contributed by atoms with E-state index in [9.17, 15) is 14.3 Å². The highest BCUT2D eigenvalue weighted by molar-refractivity contribution is 6.00. The molecule has 0 saturated heterocycles. The summed E-state index contributed by atoms with van der Waals surface area (Å²) in [5, 5.41) is 17.5. The van der Waals surface area contributed by atoms with Crippen molar-refractivity contribution < 1.29 is 14.3 Å². The topological polar surface area (TPSA) is 68.0 Å². The van der Waals surface area contributed by atoms with Crippen LogP contribution >= 0.6 is 0 Å². The lowest BCUT2D eigenvalue weighted by molar-refractivity contribution is 0.0743. The largest absolute Gasteiger partial charge is 0.380 e. The number of carbonyl (C=O) groups is 1. The molecular formula is C16H12FN3O2. The number of hydrogen-bond donors (Lipinski definition) is 1. The van der Waals surface area contributed by atoms with Crippen molar-refractivity contribution in [2.75, 3.05) is 0 Å². The van der Waals surface area contributed by atoms with Gasteiger partial charge < -0.3 is 5.11 Å². The summed E-state index contributed by atoms with van der Waals surface area (Å²) < 4.78 is 15.6. The molecule has 2 aromatic carbocycles. The number of ketones is 1. The minimum absolute atomic E-state index is 0.166.